The first-order valence-corrected chi connectivity index (χ1v) is 11.9. The van der Waals surface area contributed by atoms with E-state index in [9.17, 15) is 14.4 Å². The highest BCUT2D eigenvalue weighted by Crippen LogP contribution is 2.31. The Morgan fingerprint density at radius 2 is 1.46 bits per heavy atom. The summed E-state index contributed by atoms with van der Waals surface area (Å²) in [5.41, 5.74) is 4.70. The lowest BCUT2D eigenvalue weighted by molar-refractivity contribution is -0.117. The van der Waals surface area contributed by atoms with Crippen LogP contribution in [0.4, 0.5) is 22.7 Å². The van der Waals surface area contributed by atoms with Gasteiger partial charge in [0, 0.05) is 35.1 Å². The molecule has 3 aromatic rings. The number of carbonyl (C=O) groups excluding carboxylic acids is 3. The van der Waals surface area contributed by atoms with Gasteiger partial charge in [-0.1, -0.05) is 42.5 Å². The van der Waals surface area contributed by atoms with Crippen molar-refractivity contribution < 1.29 is 14.4 Å². The van der Waals surface area contributed by atoms with E-state index in [1.807, 2.05) is 73.7 Å². The fourth-order valence-electron chi connectivity index (χ4n) is 3.70. The summed E-state index contributed by atoms with van der Waals surface area (Å²) in [5, 5.41) is 11.8. The largest absolute Gasteiger partial charge is 0.376 e. The van der Waals surface area contributed by atoms with Gasteiger partial charge in [-0.15, -0.1) is 0 Å². The number of hydrogen-bond donors (Lipinski definition) is 4. The number of hydrogen-bond acceptors (Lipinski definition) is 4. The Labute approximate surface area is 205 Å². The molecule has 3 aromatic carbocycles. The summed E-state index contributed by atoms with van der Waals surface area (Å²) in [6.45, 7) is 1.93. The van der Waals surface area contributed by atoms with Crippen molar-refractivity contribution >= 4 is 40.5 Å². The summed E-state index contributed by atoms with van der Waals surface area (Å²) >= 11 is 0. The number of amides is 3. The normalized spacial score (nSPS) is 12.5. The zero-order valence-corrected chi connectivity index (χ0v) is 19.8. The highest BCUT2D eigenvalue weighted by atomic mass is 16.2. The number of rotatable bonds is 10. The van der Waals surface area contributed by atoms with Gasteiger partial charge >= 0.3 is 0 Å². The molecule has 1 fully saturated rings. The van der Waals surface area contributed by atoms with E-state index in [0.29, 0.717) is 29.9 Å². The van der Waals surface area contributed by atoms with Gasteiger partial charge in [-0.05, 0) is 67.6 Å². The summed E-state index contributed by atoms with van der Waals surface area (Å²) in [7, 11) is 0. The van der Waals surface area contributed by atoms with Crippen LogP contribution in [0.5, 0.6) is 0 Å². The molecule has 0 saturated heterocycles. The molecule has 0 radical (unpaired) electrons. The maximum Gasteiger partial charge on any atom is 0.243 e. The number of aryl methyl sites for hydroxylation is 1. The molecule has 3 amide bonds. The van der Waals surface area contributed by atoms with Gasteiger partial charge in [0.1, 0.15) is 0 Å². The van der Waals surface area contributed by atoms with Crippen molar-refractivity contribution in [3.63, 3.8) is 0 Å². The lowest BCUT2D eigenvalue weighted by Crippen LogP contribution is -2.22. The van der Waals surface area contributed by atoms with Gasteiger partial charge in [0.05, 0.1) is 6.54 Å². The summed E-state index contributed by atoms with van der Waals surface area (Å²) in [6, 6.07) is 22.6. The third-order valence-corrected chi connectivity index (χ3v) is 5.90. The third kappa shape index (κ3) is 7.17. The van der Waals surface area contributed by atoms with Crippen LogP contribution in [-0.2, 0) is 20.8 Å². The Morgan fingerprint density at radius 1 is 0.771 bits per heavy atom. The van der Waals surface area contributed by atoms with Crippen molar-refractivity contribution in [2.24, 2.45) is 5.92 Å². The molecule has 0 aliphatic heterocycles. The van der Waals surface area contributed by atoms with E-state index < -0.39 is 0 Å². The van der Waals surface area contributed by atoms with Gasteiger partial charge in [0.25, 0.3) is 0 Å². The molecule has 1 aliphatic rings. The molecule has 0 bridgehead atoms. The average molecular weight is 471 g/mol. The van der Waals surface area contributed by atoms with Crippen LogP contribution in [0, 0.1) is 12.8 Å². The summed E-state index contributed by atoms with van der Waals surface area (Å²) < 4.78 is 0. The first-order valence-electron chi connectivity index (χ1n) is 11.9. The van der Waals surface area contributed by atoms with Crippen LogP contribution >= 0.6 is 0 Å². The van der Waals surface area contributed by atoms with Gasteiger partial charge < -0.3 is 21.3 Å². The molecule has 180 valence electrons. The number of anilines is 4. The molecule has 1 aliphatic carbocycles. The molecule has 7 nitrogen and oxygen atoms in total. The summed E-state index contributed by atoms with van der Waals surface area (Å²) in [5.74, 6) is -0.129. The van der Waals surface area contributed by atoms with Crippen molar-refractivity contribution in [1.82, 2.24) is 0 Å². The van der Waals surface area contributed by atoms with Crippen LogP contribution < -0.4 is 21.3 Å². The van der Waals surface area contributed by atoms with Crippen molar-refractivity contribution in [2.75, 3.05) is 27.8 Å². The second-order valence-electron chi connectivity index (χ2n) is 8.76. The second kappa shape index (κ2) is 11.3. The number of carbonyl (C=O) groups is 3. The average Bonchev–Trinajstić information content (AvgIpc) is 3.71. The van der Waals surface area contributed by atoms with Gasteiger partial charge in [-0.25, -0.2) is 0 Å². The molecule has 4 rings (SSSR count). The first kappa shape index (κ1) is 24.0. The quantitative estimate of drug-likeness (QED) is 0.336. The van der Waals surface area contributed by atoms with E-state index in [1.165, 1.54) is 0 Å². The molecule has 0 spiro atoms. The molecule has 0 aromatic heterocycles. The Morgan fingerprint density at radius 3 is 2.20 bits per heavy atom. The third-order valence-electron chi connectivity index (χ3n) is 5.90. The molecule has 0 atom stereocenters. The minimum atomic E-state index is -0.212. The Balaban J connectivity index is 1.26. The van der Waals surface area contributed by atoms with Crippen LogP contribution in [0.15, 0.2) is 72.8 Å². The Hall–Kier alpha value is -4.13. The van der Waals surface area contributed by atoms with E-state index in [2.05, 4.69) is 21.3 Å². The van der Waals surface area contributed by atoms with E-state index in [0.717, 1.165) is 29.7 Å². The number of benzene rings is 3. The number of nitrogens with one attached hydrogen (secondary N) is 4. The van der Waals surface area contributed by atoms with Crippen LogP contribution in [-0.4, -0.2) is 24.3 Å². The monoisotopic (exact) mass is 470 g/mol. The molecule has 4 N–H and O–H groups in total. The molecule has 0 unspecified atom stereocenters. The van der Waals surface area contributed by atoms with Gasteiger partial charge in [0.2, 0.25) is 17.7 Å². The van der Waals surface area contributed by atoms with Crippen LogP contribution in [0.3, 0.4) is 0 Å². The first-order chi connectivity index (χ1) is 17.0. The van der Waals surface area contributed by atoms with E-state index >= 15 is 0 Å². The molecule has 35 heavy (non-hydrogen) atoms. The maximum absolute atomic E-state index is 12.5. The van der Waals surface area contributed by atoms with E-state index in [-0.39, 0.29) is 30.2 Å². The molecular formula is C28H30N4O3. The van der Waals surface area contributed by atoms with Crippen molar-refractivity contribution in [3.05, 3.63) is 83.9 Å². The van der Waals surface area contributed by atoms with Gasteiger partial charge in [0.15, 0.2) is 0 Å². The van der Waals surface area contributed by atoms with Crippen LogP contribution in [0.1, 0.15) is 30.4 Å². The molecule has 0 heterocycles. The standard InChI is InChI=1S/C28H30N4O3/c1-19-24(11-6-12-25(19)32-28(35)21-14-15-21)31-27(34)18-29-22-9-5-10-23(17-22)30-26(33)16-13-20-7-3-2-4-8-20/h2-12,17,21,29H,13-16,18H2,1H3,(H,30,33)(H,31,34)(H,32,35). The smallest absolute Gasteiger partial charge is 0.243 e. The van der Waals surface area contributed by atoms with Crippen LogP contribution in [0.2, 0.25) is 0 Å². The lowest BCUT2D eigenvalue weighted by Gasteiger charge is -2.14. The Bertz CT molecular complexity index is 1210. The van der Waals surface area contributed by atoms with E-state index in [4.69, 9.17) is 0 Å². The highest BCUT2D eigenvalue weighted by molar-refractivity contribution is 5.98. The maximum atomic E-state index is 12.5. The van der Waals surface area contributed by atoms with Gasteiger partial charge in [-0.2, -0.15) is 0 Å². The zero-order chi connectivity index (χ0) is 24.6. The lowest BCUT2D eigenvalue weighted by atomic mass is 10.1. The second-order valence-corrected chi connectivity index (χ2v) is 8.76. The molecule has 7 heteroatoms. The van der Waals surface area contributed by atoms with Crippen molar-refractivity contribution in [1.29, 1.82) is 0 Å². The SMILES string of the molecule is Cc1c(NC(=O)CNc2cccc(NC(=O)CCc3ccccc3)c2)cccc1NC(=O)C1CC1. The van der Waals surface area contributed by atoms with E-state index in [1.54, 1.807) is 6.07 Å². The predicted octanol–water partition coefficient (Wildman–Crippen LogP) is 4.97. The minimum absolute atomic E-state index is 0.0327. The van der Waals surface area contributed by atoms with Crippen molar-refractivity contribution in [3.8, 4) is 0 Å². The topological polar surface area (TPSA) is 99.3 Å². The zero-order valence-electron chi connectivity index (χ0n) is 19.8. The van der Waals surface area contributed by atoms with Crippen LogP contribution in [0.25, 0.3) is 0 Å². The summed E-state index contributed by atoms with van der Waals surface area (Å²) in [6.07, 6.45) is 2.94. The molecule has 1 saturated carbocycles. The Kier molecular flexibility index (Phi) is 7.77. The highest BCUT2D eigenvalue weighted by Gasteiger charge is 2.29. The fraction of sp³-hybridized carbons (Fsp3) is 0.250. The molecular weight excluding hydrogens is 440 g/mol. The minimum Gasteiger partial charge on any atom is -0.376 e. The van der Waals surface area contributed by atoms with Gasteiger partial charge in [-0.3, -0.25) is 14.4 Å². The van der Waals surface area contributed by atoms with Crippen molar-refractivity contribution in [2.45, 2.75) is 32.6 Å². The predicted molar refractivity (Wildman–Crippen MR) is 139 cm³/mol. The fourth-order valence-corrected chi connectivity index (χ4v) is 3.70. The summed E-state index contributed by atoms with van der Waals surface area (Å²) in [4.78, 5) is 36.9.